The van der Waals surface area contributed by atoms with Gasteiger partial charge in [-0.15, -0.1) is 0 Å². The lowest BCUT2D eigenvalue weighted by atomic mass is 10.1. The van der Waals surface area contributed by atoms with Gasteiger partial charge in [0.25, 0.3) is 5.91 Å². The Morgan fingerprint density at radius 3 is 2.60 bits per heavy atom. The van der Waals surface area contributed by atoms with Crippen molar-refractivity contribution >= 4 is 22.5 Å². The maximum Gasteiger partial charge on any atom is 0.418 e. The third kappa shape index (κ3) is 3.88. The molecule has 4 nitrogen and oxygen atoms in total. The van der Waals surface area contributed by atoms with Crippen LogP contribution in [0, 0.1) is 0 Å². The number of nitrogens with one attached hydrogen (secondary N) is 1. The molecule has 0 saturated heterocycles. The lowest BCUT2D eigenvalue weighted by Gasteiger charge is -2.14. The second kappa shape index (κ2) is 6.80. The van der Waals surface area contributed by atoms with Crippen LogP contribution in [-0.2, 0) is 11.0 Å². The summed E-state index contributed by atoms with van der Waals surface area (Å²) in [4.78, 5) is 16.2. The van der Waals surface area contributed by atoms with Crippen molar-refractivity contribution in [2.45, 2.75) is 6.18 Å². The summed E-state index contributed by atoms with van der Waals surface area (Å²) in [5, 5.41) is 3.07. The Morgan fingerprint density at radius 2 is 1.80 bits per heavy atom. The second-order valence-corrected chi connectivity index (χ2v) is 5.21. The first-order valence-electron chi connectivity index (χ1n) is 7.38. The van der Waals surface area contributed by atoms with E-state index in [-0.39, 0.29) is 5.69 Å². The van der Waals surface area contributed by atoms with E-state index < -0.39 is 24.3 Å². The Kier molecular flexibility index (Phi) is 4.56. The summed E-state index contributed by atoms with van der Waals surface area (Å²) in [5.41, 5.74) is -0.636. The molecule has 1 heterocycles. The average Bonchev–Trinajstić information content (AvgIpc) is 2.59. The van der Waals surface area contributed by atoms with Crippen LogP contribution in [0.25, 0.3) is 10.9 Å². The highest BCUT2D eigenvalue weighted by atomic mass is 19.4. The quantitative estimate of drug-likeness (QED) is 0.767. The standard InChI is InChI=1S/C18H13F3N2O2/c19-18(20,21)13-7-1-2-8-14(13)23-16(24)11-25-15-9-3-5-12-6-4-10-22-17(12)15/h1-10H,11H2,(H,23,24). The number of hydrogen-bond donors (Lipinski definition) is 1. The molecule has 2 aromatic carbocycles. The zero-order valence-corrected chi connectivity index (χ0v) is 12.9. The predicted molar refractivity (Wildman–Crippen MR) is 87.3 cm³/mol. The van der Waals surface area contributed by atoms with Crippen LogP contribution >= 0.6 is 0 Å². The van der Waals surface area contributed by atoms with Gasteiger partial charge < -0.3 is 10.1 Å². The number of halogens is 3. The molecule has 0 unspecified atom stereocenters. The maximum absolute atomic E-state index is 12.9. The Labute approximate surface area is 141 Å². The van der Waals surface area contributed by atoms with Crippen molar-refractivity contribution < 1.29 is 22.7 Å². The van der Waals surface area contributed by atoms with Crippen molar-refractivity contribution in [3.05, 3.63) is 66.4 Å². The highest BCUT2D eigenvalue weighted by Gasteiger charge is 2.33. The van der Waals surface area contributed by atoms with Gasteiger partial charge in [0.05, 0.1) is 11.3 Å². The summed E-state index contributed by atoms with van der Waals surface area (Å²) >= 11 is 0. The summed E-state index contributed by atoms with van der Waals surface area (Å²) in [5.74, 6) is -0.304. The van der Waals surface area contributed by atoms with Crippen molar-refractivity contribution in [1.29, 1.82) is 0 Å². The molecular weight excluding hydrogens is 333 g/mol. The number of hydrogen-bond acceptors (Lipinski definition) is 3. The number of ether oxygens (including phenoxy) is 1. The van der Waals surface area contributed by atoms with Gasteiger partial charge in [-0.1, -0.05) is 30.3 Å². The molecule has 0 aliphatic carbocycles. The lowest BCUT2D eigenvalue weighted by Crippen LogP contribution is -2.22. The van der Waals surface area contributed by atoms with Gasteiger partial charge in [0, 0.05) is 11.6 Å². The molecule has 3 rings (SSSR count). The molecule has 0 fully saturated rings. The van der Waals surface area contributed by atoms with Crippen molar-refractivity contribution in [3.8, 4) is 5.75 Å². The zero-order chi connectivity index (χ0) is 17.9. The van der Waals surface area contributed by atoms with E-state index in [9.17, 15) is 18.0 Å². The molecule has 0 atom stereocenters. The van der Waals surface area contributed by atoms with Crippen LogP contribution in [0.1, 0.15) is 5.56 Å². The monoisotopic (exact) mass is 346 g/mol. The van der Waals surface area contributed by atoms with Crippen LogP contribution in [0.15, 0.2) is 60.8 Å². The number of carbonyl (C=O) groups is 1. The Bertz CT molecular complexity index is 905. The number of aromatic nitrogens is 1. The predicted octanol–water partition coefficient (Wildman–Crippen LogP) is 4.27. The minimum atomic E-state index is -4.55. The number of para-hydroxylation sites is 2. The van der Waals surface area contributed by atoms with Crippen molar-refractivity contribution in [3.63, 3.8) is 0 Å². The van der Waals surface area contributed by atoms with E-state index in [1.807, 2.05) is 12.1 Å². The molecule has 1 N–H and O–H groups in total. The molecule has 0 aliphatic rings. The molecule has 0 radical (unpaired) electrons. The van der Waals surface area contributed by atoms with Gasteiger partial charge in [0.15, 0.2) is 6.61 Å². The van der Waals surface area contributed by atoms with Crippen LogP contribution in [0.3, 0.4) is 0 Å². The molecule has 1 amide bonds. The summed E-state index contributed by atoms with van der Waals surface area (Å²) < 4.78 is 44.2. The highest BCUT2D eigenvalue weighted by molar-refractivity contribution is 5.93. The Balaban J connectivity index is 1.72. The van der Waals surface area contributed by atoms with E-state index in [0.717, 1.165) is 11.5 Å². The second-order valence-electron chi connectivity index (χ2n) is 5.21. The van der Waals surface area contributed by atoms with Gasteiger partial charge in [-0.2, -0.15) is 13.2 Å². The topological polar surface area (TPSA) is 51.2 Å². The van der Waals surface area contributed by atoms with E-state index in [4.69, 9.17) is 4.74 Å². The van der Waals surface area contributed by atoms with Gasteiger partial charge in [0.2, 0.25) is 0 Å². The van der Waals surface area contributed by atoms with Crippen LogP contribution in [0.5, 0.6) is 5.75 Å². The zero-order valence-electron chi connectivity index (χ0n) is 12.9. The van der Waals surface area contributed by atoms with Crippen molar-refractivity contribution in [1.82, 2.24) is 4.98 Å². The molecule has 0 saturated carbocycles. The first-order valence-corrected chi connectivity index (χ1v) is 7.38. The van der Waals surface area contributed by atoms with E-state index in [1.54, 1.807) is 24.4 Å². The number of fused-ring (bicyclic) bond motifs is 1. The maximum atomic E-state index is 12.9. The first kappa shape index (κ1) is 16.8. The first-order chi connectivity index (χ1) is 11.9. The molecule has 3 aromatic rings. The summed E-state index contributed by atoms with van der Waals surface area (Å²) in [6.45, 7) is -0.429. The fraction of sp³-hybridized carbons (Fsp3) is 0.111. The molecule has 0 spiro atoms. The fourth-order valence-electron chi connectivity index (χ4n) is 2.36. The van der Waals surface area contributed by atoms with E-state index in [2.05, 4.69) is 10.3 Å². The van der Waals surface area contributed by atoms with Gasteiger partial charge in [-0.3, -0.25) is 9.78 Å². The number of anilines is 1. The molecular formula is C18H13F3N2O2. The lowest BCUT2D eigenvalue weighted by molar-refractivity contribution is -0.137. The number of pyridine rings is 1. The molecule has 128 valence electrons. The minimum Gasteiger partial charge on any atom is -0.481 e. The summed E-state index contributed by atoms with van der Waals surface area (Å²) in [7, 11) is 0. The van der Waals surface area contributed by atoms with E-state index in [0.29, 0.717) is 11.3 Å². The molecule has 25 heavy (non-hydrogen) atoms. The third-order valence-corrected chi connectivity index (χ3v) is 3.46. The Hall–Kier alpha value is -3.09. The molecule has 1 aromatic heterocycles. The summed E-state index contributed by atoms with van der Waals surface area (Å²) in [6, 6.07) is 13.6. The van der Waals surface area contributed by atoms with Gasteiger partial charge in [-0.25, -0.2) is 0 Å². The number of benzene rings is 2. The third-order valence-electron chi connectivity index (χ3n) is 3.46. The van der Waals surface area contributed by atoms with Crippen LogP contribution in [0.2, 0.25) is 0 Å². The van der Waals surface area contributed by atoms with E-state index in [1.165, 1.54) is 18.2 Å². The number of carbonyl (C=O) groups excluding carboxylic acids is 1. The van der Waals surface area contributed by atoms with E-state index >= 15 is 0 Å². The Morgan fingerprint density at radius 1 is 1.04 bits per heavy atom. The number of amides is 1. The largest absolute Gasteiger partial charge is 0.481 e. The number of nitrogens with zero attached hydrogens (tertiary/aromatic N) is 1. The molecule has 7 heteroatoms. The number of rotatable bonds is 4. The highest BCUT2D eigenvalue weighted by Crippen LogP contribution is 2.34. The van der Waals surface area contributed by atoms with Gasteiger partial charge >= 0.3 is 6.18 Å². The summed E-state index contributed by atoms with van der Waals surface area (Å²) in [6.07, 6.45) is -2.96. The van der Waals surface area contributed by atoms with Crippen LogP contribution in [0.4, 0.5) is 18.9 Å². The van der Waals surface area contributed by atoms with Gasteiger partial charge in [-0.05, 0) is 24.3 Å². The fourth-order valence-corrected chi connectivity index (χ4v) is 2.36. The number of alkyl halides is 3. The van der Waals surface area contributed by atoms with Crippen molar-refractivity contribution in [2.24, 2.45) is 0 Å². The van der Waals surface area contributed by atoms with Crippen LogP contribution < -0.4 is 10.1 Å². The smallest absolute Gasteiger partial charge is 0.418 e. The SMILES string of the molecule is O=C(COc1cccc2cccnc12)Nc1ccccc1C(F)(F)F. The van der Waals surface area contributed by atoms with Crippen molar-refractivity contribution in [2.75, 3.05) is 11.9 Å². The van der Waals surface area contributed by atoms with Gasteiger partial charge in [0.1, 0.15) is 11.3 Å². The minimum absolute atomic E-state index is 0.306. The average molecular weight is 346 g/mol. The van der Waals surface area contributed by atoms with Crippen LogP contribution in [-0.4, -0.2) is 17.5 Å². The molecule has 0 bridgehead atoms. The molecule has 0 aliphatic heterocycles. The normalized spacial score (nSPS) is 11.3.